The van der Waals surface area contributed by atoms with Crippen molar-refractivity contribution >= 4 is 6.47 Å². The molecule has 0 spiro atoms. The molecule has 0 radical (unpaired) electrons. The van der Waals surface area contributed by atoms with Gasteiger partial charge in [-0.25, -0.2) is 4.39 Å². The van der Waals surface area contributed by atoms with Crippen molar-refractivity contribution in [1.29, 1.82) is 0 Å². The molecule has 2 unspecified atom stereocenters. The molecule has 5 heteroatoms. The molecule has 22 heavy (non-hydrogen) atoms. The predicted octanol–water partition coefficient (Wildman–Crippen LogP) is 2.60. The summed E-state index contributed by atoms with van der Waals surface area (Å²) in [6, 6.07) is 6.17. The van der Waals surface area contributed by atoms with Gasteiger partial charge in [0.15, 0.2) is 0 Å². The van der Waals surface area contributed by atoms with Crippen LogP contribution in [0.15, 0.2) is 24.3 Å². The van der Waals surface area contributed by atoms with Crippen LogP contribution in [0.25, 0.3) is 0 Å². The molecule has 0 bridgehead atoms. The van der Waals surface area contributed by atoms with Gasteiger partial charge in [-0.15, -0.1) is 0 Å². The summed E-state index contributed by atoms with van der Waals surface area (Å²) in [5.74, 6) is -0.111. The van der Waals surface area contributed by atoms with E-state index in [2.05, 4.69) is 10.1 Å². The van der Waals surface area contributed by atoms with Gasteiger partial charge < -0.3 is 15.2 Å². The first-order valence-corrected chi connectivity index (χ1v) is 7.49. The highest BCUT2D eigenvalue weighted by Gasteiger charge is 2.37. The van der Waals surface area contributed by atoms with E-state index in [1.54, 1.807) is 12.1 Å². The smallest absolute Gasteiger partial charge is 0.293 e. The van der Waals surface area contributed by atoms with Crippen LogP contribution < -0.4 is 5.32 Å². The molecule has 2 atom stereocenters. The zero-order valence-electron chi connectivity index (χ0n) is 13.7. The Hall–Kier alpha value is -1.46. The molecule has 1 saturated heterocycles. The topological polar surface area (TPSA) is 58.6 Å². The molecule has 0 aromatic heterocycles. The van der Waals surface area contributed by atoms with E-state index in [0.717, 1.165) is 18.7 Å². The fourth-order valence-corrected chi connectivity index (χ4v) is 2.32. The number of nitrogens with one attached hydrogen (secondary N) is 1. The summed E-state index contributed by atoms with van der Waals surface area (Å²) in [5, 5.41) is 13.8. The summed E-state index contributed by atoms with van der Waals surface area (Å²) in [5.41, 5.74) is -0.307. The van der Waals surface area contributed by atoms with Crippen LogP contribution >= 0.6 is 0 Å². The van der Waals surface area contributed by atoms with E-state index < -0.39 is 5.60 Å². The quantitative estimate of drug-likeness (QED) is 0.824. The second-order valence-corrected chi connectivity index (χ2v) is 6.61. The Morgan fingerprint density at radius 2 is 1.95 bits per heavy atom. The third kappa shape index (κ3) is 5.39. The normalized spacial score (nSPS) is 24.9. The van der Waals surface area contributed by atoms with Gasteiger partial charge in [0.05, 0.1) is 5.60 Å². The Balaban J connectivity index is 0.000000295. The molecule has 1 heterocycles. The van der Waals surface area contributed by atoms with Crippen molar-refractivity contribution in [3.05, 3.63) is 35.6 Å². The zero-order valence-corrected chi connectivity index (χ0v) is 13.7. The number of halogens is 1. The third-order valence-electron chi connectivity index (χ3n) is 3.69. The lowest BCUT2D eigenvalue weighted by atomic mass is 9.77. The largest absolute Gasteiger partial charge is 0.462 e. The van der Waals surface area contributed by atoms with Crippen molar-refractivity contribution in [2.75, 3.05) is 13.1 Å². The van der Waals surface area contributed by atoms with E-state index in [9.17, 15) is 14.3 Å². The molecule has 1 aromatic carbocycles. The predicted molar refractivity (Wildman–Crippen MR) is 83.8 cm³/mol. The maximum Gasteiger partial charge on any atom is 0.293 e. The van der Waals surface area contributed by atoms with Crippen LogP contribution in [-0.2, 0) is 15.1 Å². The lowest BCUT2D eigenvalue weighted by molar-refractivity contribution is -0.138. The molecule has 1 aliphatic rings. The number of aliphatic hydroxyl groups is 1. The average Bonchev–Trinajstić information content (AvgIpc) is 2.42. The molecule has 1 aliphatic heterocycles. The van der Waals surface area contributed by atoms with Crippen LogP contribution in [0.2, 0.25) is 0 Å². The van der Waals surface area contributed by atoms with Crippen molar-refractivity contribution in [1.82, 2.24) is 5.32 Å². The van der Waals surface area contributed by atoms with E-state index in [0.29, 0.717) is 12.9 Å². The fourth-order valence-electron chi connectivity index (χ4n) is 2.32. The summed E-state index contributed by atoms with van der Waals surface area (Å²) in [4.78, 5) is 9.60. The number of ether oxygens (including phenoxy) is 1. The molecule has 0 saturated carbocycles. The Morgan fingerprint density at radius 3 is 2.36 bits per heavy atom. The second-order valence-electron chi connectivity index (χ2n) is 6.61. The lowest BCUT2D eigenvalue weighted by Gasteiger charge is -2.39. The Kier molecular flexibility index (Phi) is 6.50. The monoisotopic (exact) mass is 311 g/mol. The zero-order chi connectivity index (χ0) is 16.8. The molecule has 1 fully saturated rings. The summed E-state index contributed by atoms with van der Waals surface area (Å²) in [6.45, 7) is 9.53. The molecule has 1 aromatic rings. The molecule has 2 N–H and O–H groups in total. The number of carbonyl (C=O) groups excluding carboxylic acids is 1. The average molecular weight is 311 g/mol. The maximum absolute atomic E-state index is 12.8. The van der Waals surface area contributed by atoms with Gasteiger partial charge in [-0.2, -0.15) is 0 Å². The van der Waals surface area contributed by atoms with Crippen molar-refractivity contribution in [2.45, 2.75) is 45.3 Å². The summed E-state index contributed by atoms with van der Waals surface area (Å²) >= 11 is 0. The van der Waals surface area contributed by atoms with Crippen molar-refractivity contribution < 1.29 is 19.0 Å². The number of carbonyl (C=O) groups is 1. The highest BCUT2D eigenvalue weighted by Crippen LogP contribution is 2.34. The van der Waals surface area contributed by atoms with E-state index in [-0.39, 0.29) is 17.3 Å². The Bertz CT molecular complexity index is 470. The Morgan fingerprint density at radius 1 is 1.36 bits per heavy atom. The highest BCUT2D eigenvalue weighted by molar-refractivity contribution is 5.37. The van der Waals surface area contributed by atoms with Crippen LogP contribution in [0.5, 0.6) is 0 Å². The van der Waals surface area contributed by atoms with Gasteiger partial charge in [0.1, 0.15) is 11.4 Å². The van der Waals surface area contributed by atoms with E-state index in [1.807, 2.05) is 27.7 Å². The van der Waals surface area contributed by atoms with Gasteiger partial charge in [-0.3, -0.25) is 4.79 Å². The van der Waals surface area contributed by atoms with E-state index in [1.165, 1.54) is 12.1 Å². The lowest BCUT2D eigenvalue weighted by Crippen LogP contribution is -2.46. The number of hydrogen-bond acceptors (Lipinski definition) is 4. The third-order valence-corrected chi connectivity index (χ3v) is 3.69. The van der Waals surface area contributed by atoms with E-state index >= 15 is 0 Å². The van der Waals surface area contributed by atoms with Crippen LogP contribution in [0, 0.1) is 11.7 Å². The van der Waals surface area contributed by atoms with Gasteiger partial charge in [-0.05, 0) is 51.4 Å². The van der Waals surface area contributed by atoms with Gasteiger partial charge in [0.25, 0.3) is 6.47 Å². The number of piperidine rings is 1. The van der Waals surface area contributed by atoms with Crippen LogP contribution in [0.3, 0.4) is 0 Å². The van der Waals surface area contributed by atoms with E-state index in [4.69, 9.17) is 0 Å². The molecule has 2 rings (SSSR count). The van der Waals surface area contributed by atoms with Crippen molar-refractivity contribution in [3.8, 4) is 0 Å². The van der Waals surface area contributed by atoms with Crippen LogP contribution in [-0.4, -0.2) is 30.3 Å². The van der Waals surface area contributed by atoms with Gasteiger partial charge in [-0.1, -0.05) is 19.1 Å². The van der Waals surface area contributed by atoms with Gasteiger partial charge >= 0.3 is 0 Å². The molecule has 0 aliphatic carbocycles. The Labute approximate surface area is 131 Å². The number of benzene rings is 1. The fraction of sp³-hybridized carbons (Fsp3) is 0.588. The first-order chi connectivity index (χ1) is 10.2. The summed E-state index contributed by atoms with van der Waals surface area (Å²) in [7, 11) is 0. The molecule has 0 amide bonds. The first kappa shape index (κ1) is 18.6. The SMILES string of the molecule is CC(C)(C)OC=O.CC1CNCCC1(O)c1ccc(F)cc1. The molecule has 124 valence electrons. The minimum Gasteiger partial charge on any atom is -0.462 e. The maximum atomic E-state index is 12.8. The molecular weight excluding hydrogens is 285 g/mol. The highest BCUT2D eigenvalue weighted by atomic mass is 19.1. The standard InChI is InChI=1S/C12H16FNO.C5H10O2/c1-9-8-14-7-6-12(9,15)10-2-4-11(13)5-3-10;1-5(2,3)7-4-6/h2-5,9,14-15H,6-8H2,1H3;4H,1-3H3. The second kappa shape index (κ2) is 7.70. The first-order valence-electron chi connectivity index (χ1n) is 7.49. The number of rotatable bonds is 2. The molecular formula is C17H26FNO3. The van der Waals surface area contributed by atoms with Crippen molar-refractivity contribution in [2.24, 2.45) is 5.92 Å². The minimum absolute atomic E-state index is 0.150. The van der Waals surface area contributed by atoms with Crippen LogP contribution in [0.4, 0.5) is 4.39 Å². The summed E-state index contributed by atoms with van der Waals surface area (Å²) < 4.78 is 17.3. The van der Waals surface area contributed by atoms with Crippen molar-refractivity contribution in [3.63, 3.8) is 0 Å². The van der Waals surface area contributed by atoms with Gasteiger partial charge in [0.2, 0.25) is 0 Å². The molecule has 4 nitrogen and oxygen atoms in total. The van der Waals surface area contributed by atoms with Crippen LogP contribution in [0.1, 0.15) is 39.7 Å². The minimum atomic E-state index is -0.807. The number of hydrogen-bond donors (Lipinski definition) is 2. The van der Waals surface area contributed by atoms with Gasteiger partial charge in [0, 0.05) is 12.5 Å². The summed E-state index contributed by atoms with van der Waals surface area (Å²) in [6.07, 6.45) is 0.680.